The van der Waals surface area contributed by atoms with Crippen LogP contribution in [-0.2, 0) is 11.3 Å². The second kappa shape index (κ2) is 6.99. The minimum absolute atomic E-state index is 0.0781. The monoisotopic (exact) mass is 320 g/mol. The van der Waals surface area contributed by atoms with Gasteiger partial charge in [0.15, 0.2) is 0 Å². The summed E-state index contributed by atoms with van der Waals surface area (Å²) in [6.07, 6.45) is 2.43. The van der Waals surface area contributed by atoms with E-state index in [2.05, 4.69) is 10.3 Å². The Morgan fingerprint density at radius 2 is 2.04 bits per heavy atom. The van der Waals surface area contributed by atoms with E-state index in [0.29, 0.717) is 0 Å². The van der Waals surface area contributed by atoms with Crippen LogP contribution < -0.4 is 5.32 Å². The van der Waals surface area contributed by atoms with Crippen molar-refractivity contribution in [1.82, 2.24) is 14.9 Å². The Balaban J connectivity index is 2.05. The summed E-state index contributed by atoms with van der Waals surface area (Å²) in [5, 5.41) is 13.4. The first-order valence-corrected chi connectivity index (χ1v) is 7.08. The number of nitrogens with zero attached hydrogens (tertiary/aromatic N) is 3. The standard InChI is InChI=1S/C15H17FN4O3/c1-10(2)15(11-3-5-12(16)6-4-11)18-14(21)8-19-7-13(17-9-19)20(22)23/h3-7,9-10,15H,8H2,1-2H3,(H,18,21)/t15-/m1/s1. The predicted molar refractivity (Wildman–Crippen MR) is 81.0 cm³/mol. The molecule has 1 amide bonds. The van der Waals surface area contributed by atoms with Crippen LogP contribution in [0.5, 0.6) is 0 Å². The third-order valence-corrected chi connectivity index (χ3v) is 3.35. The summed E-state index contributed by atoms with van der Waals surface area (Å²) in [5.74, 6) is -0.855. The SMILES string of the molecule is CC(C)[C@@H](NC(=O)Cn1cnc([N+](=O)[O-])c1)c1ccc(F)cc1. The molecule has 0 saturated carbocycles. The quantitative estimate of drug-likeness (QED) is 0.654. The van der Waals surface area contributed by atoms with Crippen molar-refractivity contribution in [2.24, 2.45) is 5.92 Å². The van der Waals surface area contributed by atoms with Gasteiger partial charge < -0.3 is 20.0 Å². The molecule has 0 aliphatic carbocycles. The fourth-order valence-electron chi connectivity index (χ4n) is 2.22. The molecule has 1 heterocycles. The maximum atomic E-state index is 13.0. The van der Waals surface area contributed by atoms with Gasteiger partial charge in [0.1, 0.15) is 18.6 Å². The molecule has 122 valence electrons. The van der Waals surface area contributed by atoms with Gasteiger partial charge in [-0.05, 0) is 33.5 Å². The van der Waals surface area contributed by atoms with E-state index < -0.39 is 4.92 Å². The topological polar surface area (TPSA) is 90.1 Å². The highest BCUT2D eigenvalue weighted by molar-refractivity contribution is 5.76. The van der Waals surface area contributed by atoms with Crippen LogP contribution in [0.4, 0.5) is 10.2 Å². The fourth-order valence-corrected chi connectivity index (χ4v) is 2.22. The Bertz CT molecular complexity index is 697. The smallest absolute Gasteiger partial charge is 0.358 e. The van der Waals surface area contributed by atoms with E-state index in [-0.39, 0.29) is 36.0 Å². The van der Waals surface area contributed by atoms with Gasteiger partial charge in [-0.1, -0.05) is 26.0 Å². The lowest BCUT2D eigenvalue weighted by molar-refractivity contribution is -0.389. The number of carbonyl (C=O) groups is 1. The number of hydrogen-bond acceptors (Lipinski definition) is 4. The van der Waals surface area contributed by atoms with Crippen LogP contribution in [-0.4, -0.2) is 20.4 Å². The summed E-state index contributed by atoms with van der Waals surface area (Å²) in [5.41, 5.74) is 0.798. The van der Waals surface area contributed by atoms with E-state index in [9.17, 15) is 19.3 Å². The van der Waals surface area contributed by atoms with E-state index in [0.717, 1.165) is 5.56 Å². The molecule has 0 bridgehead atoms. The number of hydrogen-bond donors (Lipinski definition) is 1. The predicted octanol–water partition coefficient (Wildman–Crippen LogP) is 2.44. The Morgan fingerprint density at radius 1 is 1.39 bits per heavy atom. The zero-order chi connectivity index (χ0) is 17.0. The number of aromatic nitrogens is 2. The van der Waals surface area contributed by atoms with Crippen molar-refractivity contribution in [3.05, 3.63) is 58.3 Å². The van der Waals surface area contributed by atoms with Crippen molar-refractivity contribution in [1.29, 1.82) is 0 Å². The zero-order valence-corrected chi connectivity index (χ0v) is 12.8. The number of benzene rings is 1. The molecule has 1 aromatic heterocycles. The lowest BCUT2D eigenvalue weighted by Gasteiger charge is -2.23. The van der Waals surface area contributed by atoms with Crippen molar-refractivity contribution >= 4 is 11.7 Å². The second-order valence-corrected chi connectivity index (χ2v) is 5.50. The summed E-state index contributed by atoms with van der Waals surface area (Å²) in [7, 11) is 0. The van der Waals surface area contributed by atoms with Crippen LogP contribution in [0.15, 0.2) is 36.8 Å². The number of imidazole rings is 1. The van der Waals surface area contributed by atoms with Gasteiger partial charge in [0.2, 0.25) is 12.2 Å². The van der Waals surface area contributed by atoms with Crippen LogP contribution in [0.1, 0.15) is 25.5 Å². The average Bonchev–Trinajstić information content (AvgIpc) is 2.94. The summed E-state index contributed by atoms with van der Waals surface area (Å²) >= 11 is 0. The molecule has 0 spiro atoms. The van der Waals surface area contributed by atoms with E-state index in [1.165, 1.54) is 29.2 Å². The number of nitro groups is 1. The largest absolute Gasteiger partial charge is 0.381 e. The maximum Gasteiger partial charge on any atom is 0.381 e. The molecule has 0 aliphatic heterocycles. The van der Waals surface area contributed by atoms with E-state index in [1.807, 2.05) is 13.8 Å². The first kappa shape index (κ1) is 16.6. The third kappa shape index (κ3) is 4.35. The van der Waals surface area contributed by atoms with Crippen molar-refractivity contribution in [2.45, 2.75) is 26.4 Å². The molecule has 0 saturated heterocycles. The van der Waals surface area contributed by atoms with E-state index >= 15 is 0 Å². The number of carbonyl (C=O) groups excluding carboxylic acids is 1. The average molecular weight is 320 g/mol. The lowest BCUT2D eigenvalue weighted by Crippen LogP contribution is -2.34. The summed E-state index contributed by atoms with van der Waals surface area (Å²) in [4.78, 5) is 25.7. The molecule has 0 unspecified atom stereocenters. The number of rotatable bonds is 6. The first-order valence-electron chi connectivity index (χ1n) is 7.08. The molecule has 7 nitrogen and oxygen atoms in total. The third-order valence-electron chi connectivity index (χ3n) is 3.35. The van der Waals surface area contributed by atoms with Crippen molar-refractivity contribution in [3.8, 4) is 0 Å². The first-order chi connectivity index (χ1) is 10.9. The summed E-state index contributed by atoms with van der Waals surface area (Å²) < 4.78 is 14.4. The Kier molecular flexibility index (Phi) is 5.05. The molecule has 0 radical (unpaired) electrons. The molecule has 2 rings (SSSR count). The van der Waals surface area contributed by atoms with E-state index in [1.54, 1.807) is 12.1 Å². The molecule has 1 aromatic carbocycles. The van der Waals surface area contributed by atoms with Crippen molar-refractivity contribution in [2.75, 3.05) is 0 Å². The van der Waals surface area contributed by atoms with Crippen LogP contribution in [0.2, 0.25) is 0 Å². The molecule has 23 heavy (non-hydrogen) atoms. The van der Waals surface area contributed by atoms with Gasteiger partial charge in [0.25, 0.3) is 0 Å². The van der Waals surface area contributed by atoms with Gasteiger partial charge in [-0.15, -0.1) is 0 Å². The minimum Gasteiger partial charge on any atom is -0.358 e. The second-order valence-electron chi connectivity index (χ2n) is 5.50. The molecule has 1 N–H and O–H groups in total. The minimum atomic E-state index is -0.621. The van der Waals surface area contributed by atoms with Crippen molar-refractivity contribution < 1.29 is 14.1 Å². The molecule has 2 aromatic rings. The zero-order valence-electron chi connectivity index (χ0n) is 12.8. The Morgan fingerprint density at radius 3 is 2.57 bits per heavy atom. The molecular weight excluding hydrogens is 303 g/mol. The normalized spacial score (nSPS) is 12.2. The maximum absolute atomic E-state index is 13.0. The van der Waals surface area contributed by atoms with Crippen LogP contribution in [0.25, 0.3) is 0 Å². The number of amides is 1. The summed E-state index contributed by atoms with van der Waals surface area (Å²) in [6.45, 7) is 3.80. The molecule has 0 aliphatic rings. The highest BCUT2D eigenvalue weighted by atomic mass is 19.1. The Hall–Kier alpha value is -2.77. The molecular formula is C15H17FN4O3. The van der Waals surface area contributed by atoms with Gasteiger partial charge in [-0.3, -0.25) is 4.79 Å². The van der Waals surface area contributed by atoms with Gasteiger partial charge in [-0.2, -0.15) is 0 Å². The van der Waals surface area contributed by atoms with Crippen molar-refractivity contribution in [3.63, 3.8) is 0 Å². The van der Waals surface area contributed by atoms with Crippen LogP contribution in [0.3, 0.4) is 0 Å². The molecule has 1 atom stereocenters. The van der Waals surface area contributed by atoms with Gasteiger partial charge in [0, 0.05) is 0 Å². The summed E-state index contributed by atoms with van der Waals surface area (Å²) in [6, 6.07) is 5.67. The molecule has 8 heteroatoms. The van der Waals surface area contributed by atoms with E-state index in [4.69, 9.17) is 0 Å². The lowest BCUT2D eigenvalue weighted by atomic mass is 9.96. The van der Waals surface area contributed by atoms with Gasteiger partial charge >= 0.3 is 5.82 Å². The van der Waals surface area contributed by atoms with Gasteiger partial charge in [0.05, 0.1) is 6.04 Å². The highest BCUT2D eigenvalue weighted by Crippen LogP contribution is 2.22. The van der Waals surface area contributed by atoms with Crippen LogP contribution >= 0.6 is 0 Å². The fraction of sp³-hybridized carbons (Fsp3) is 0.333. The highest BCUT2D eigenvalue weighted by Gasteiger charge is 2.19. The van der Waals surface area contributed by atoms with Gasteiger partial charge in [-0.25, -0.2) is 4.39 Å². The number of nitrogens with one attached hydrogen (secondary N) is 1. The van der Waals surface area contributed by atoms with Crippen LogP contribution in [0, 0.1) is 21.8 Å². The number of halogens is 1. The Labute approximate surface area is 132 Å². The molecule has 0 fully saturated rings.